The van der Waals surface area contributed by atoms with E-state index < -0.39 is 23.1 Å². The van der Waals surface area contributed by atoms with E-state index in [0.717, 1.165) is 12.8 Å². The van der Waals surface area contributed by atoms with Gasteiger partial charge < -0.3 is 24.7 Å². The highest BCUT2D eigenvalue weighted by Crippen LogP contribution is 2.36. The molecule has 0 atom stereocenters. The number of Topliss-reactive ketones (excluding diaryl/α,β-unsaturated/α-hetero) is 1. The van der Waals surface area contributed by atoms with Crippen LogP contribution in [0.4, 0.5) is 4.79 Å². The van der Waals surface area contributed by atoms with Crippen LogP contribution in [0.2, 0.25) is 10.0 Å². The van der Waals surface area contributed by atoms with Crippen molar-refractivity contribution in [3.63, 3.8) is 0 Å². The number of amides is 2. The molecule has 0 unspecified atom stereocenters. The summed E-state index contributed by atoms with van der Waals surface area (Å²) in [4.78, 5) is 52.6. The van der Waals surface area contributed by atoms with Gasteiger partial charge in [-0.1, -0.05) is 36.5 Å². The van der Waals surface area contributed by atoms with Crippen LogP contribution in [0.3, 0.4) is 0 Å². The lowest BCUT2D eigenvalue weighted by Gasteiger charge is -2.34. The van der Waals surface area contributed by atoms with Crippen molar-refractivity contribution in [1.82, 2.24) is 14.0 Å². The van der Waals surface area contributed by atoms with Gasteiger partial charge in [0.2, 0.25) is 5.91 Å². The predicted molar refractivity (Wildman–Crippen MR) is 163 cm³/mol. The van der Waals surface area contributed by atoms with Crippen LogP contribution in [0.15, 0.2) is 34.6 Å². The molecule has 0 spiro atoms. The summed E-state index contributed by atoms with van der Waals surface area (Å²) >= 11 is 12.6. The van der Waals surface area contributed by atoms with Gasteiger partial charge in [-0.2, -0.15) is 0 Å². The molecule has 3 aromatic rings. The van der Waals surface area contributed by atoms with E-state index in [1.165, 1.54) is 15.5 Å². The number of halogens is 2. The van der Waals surface area contributed by atoms with Crippen molar-refractivity contribution >= 4 is 57.8 Å². The molecule has 3 N–H and O–H groups in total. The van der Waals surface area contributed by atoms with Crippen LogP contribution in [0, 0.1) is 0 Å². The highest BCUT2D eigenvalue weighted by molar-refractivity contribution is 6.42. The molecule has 224 valence electrons. The predicted octanol–water partition coefficient (Wildman–Crippen LogP) is 5.72. The van der Waals surface area contributed by atoms with Crippen LogP contribution < -0.4 is 16.0 Å². The molecule has 0 saturated heterocycles. The molecule has 1 aliphatic heterocycles. The molecular formula is C30H34Cl2N4O6. The van der Waals surface area contributed by atoms with E-state index in [2.05, 4.69) is 0 Å². The lowest BCUT2D eigenvalue weighted by atomic mass is 10.0. The number of carbonyl (C=O) groups excluding carboxylic acids is 2. The first-order chi connectivity index (χ1) is 19.7. The van der Waals surface area contributed by atoms with Gasteiger partial charge in [-0.25, -0.2) is 4.79 Å². The number of pyridine rings is 1. The van der Waals surface area contributed by atoms with Gasteiger partial charge in [-0.3, -0.25) is 19.3 Å². The number of carboxylic acid groups (broad SMARTS) is 1. The van der Waals surface area contributed by atoms with E-state index in [4.69, 9.17) is 33.7 Å². The number of nitrogens with two attached hydrogens (primary N) is 1. The Kier molecular flexibility index (Phi) is 9.08. The normalized spacial score (nSPS) is 12.8. The number of hydrogen-bond acceptors (Lipinski definition) is 5. The van der Waals surface area contributed by atoms with Crippen molar-refractivity contribution < 1.29 is 24.2 Å². The maximum atomic E-state index is 14.0. The zero-order valence-corrected chi connectivity index (χ0v) is 25.5. The number of fused-ring (bicyclic) bond motifs is 2. The van der Waals surface area contributed by atoms with Crippen LogP contribution in [0.5, 0.6) is 5.75 Å². The molecule has 3 heterocycles. The summed E-state index contributed by atoms with van der Waals surface area (Å²) in [5.41, 5.74) is 5.94. The molecule has 2 aromatic heterocycles. The number of hydrogen-bond donors (Lipinski definition) is 2. The average Bonchev–Trinajstić information content (AvgIpc) is 3.50. The van der Waals surface area contributed by atoms with Crippen molar-refractivity contribution in [2.45, 2.75) is 72.1 Å². The Bertz CT molecular complexity index is 1660. The molecule has 4 rings (SSSR count). The van der Waals surface area contributed by atoms with Crippen LogP contribution in [0.25, 0.3) is 16.8 Å². The largest absolute Gasteiger partial charge is 0.491 e. The third kappa shape index (κ3) is 6.19. The number of unbranched alkanes of at least 4 members (excludes halogenated alkanes) is 1. The first-order valence-electron chi connectivity index (χ1n) is 13.7. The van der Waals surface area contributed by atoms with Crippen LogP contribution >= 0.6 is 23.2 Å². The minimum atomic E-state index is -1.17. The summed E-state index contributed by atoms with van der Waals surface area (Å²) in [5, 5.41) is 11.1. The zero-order chi connectivity index (χ0) is 30.9. The molecule has 10 nitrogen and oxygen atoms in total. The van der Waals surface area contributed by atoms with Gasteiger partial charge in [0, 0.05) is 35.2 Å². The summed E-state index contributed by atoms with van der Waals surface area (Å²) < 4.78 is 9.33. The van der Waals surface area contributed by atoms with Gasteiger partial charge in [-0.05, 0) is 57.5 Å². The van der Waals surface area contributed by atoms with Crippen LogP contribution in [0.1, 0.15) is 68.8 Å². The Labute approximate surface area is 253 Å². The van der Waals surface area contributed by atoms with Crippen LogP contribution in [-0.4, -0.2) is 49.1 Å². The highest BCUT2D eigenvalue weighted by Gasteiger charge is 2.31. The molecule has 42 heavy (non-hydrogen) atoms. The maximum absolute atomic E-state index is 14.0. The molecule has 0 bridgehead atoms. The molecular weight excluding hydrogens is 583 g/mol. The number of nitrogens with zero attached hydrogens (tertiary/aromatic N) is 3. The monoisotopic (exact) mass is 616 g/mol. The van der Waals surface area contributed by atoms with Crippen LogP contribution in [-0.2, 0) is 24.4 Å². The van der Waals surface area contributed by atoms with E-state index in [0.29, 0.717) is 40.4 Å². The Balaban J connectivity index is 1.82. The second-order valence-corrected chi connectivity index (χ2v) is 12.0. The van der Waals surface area contributed by atoms with Gasteiger partial charge in [0.15, 0.2) is 5.78 Å². The molecule has 0 fully saturated rings. The molecule has 1 aromatic carbocycles. The first kappa shape index (κ1) is 31.2. The fourth-order valence-corrected chi connectivity index (χ4v) is 5.31. The maximum Gasteiger partial charge on any atom is 0.408 e. The van der Waals surface area contributed by atoms with Crippen molar-refractivity contribution in [3.8, 4) is 5.75 Å². The molecule has 1 aliphatic rings. The van der Waals surface area contributed by atoms with Gasteiger partial charge in [0.1, 0.15) is 5.75 Å². The number of carbonyl (C=O) groups is 3. The second-order valence-electron chi connectivity index (χ2n) is 11.2. The van der Waals surface area contributed by atoms with E-state index in [-0.39, 0.29) is 47.3 Å². The first-order valence-corrected chi connectivity index (χ1v) is 14.4. The third-order valence-corrected chi connectivity index (χ3v) is 8.01. The van der Waals surface area contributed by atoms with E-state index >= 15 is 0 Å². The number of ketones is 1. The van der Waals surface area contributed by atoms with E-state index in [1.54, 1.807) is 49.6 Å². The minimum Gasteiger partial charge on any atom is -0.491 e. The van der Waals surface area contributed by atoms with Gasteiger partial charge in [0.05, 0.1) is 46.5 Å². The number of ether oxygens (including phenoxy) is 1. The third-order valence-electron chi connectivity index (χ3n) is 7.29. The van der Waals surface area contributed by atoms with Crippen molar-refractivity contribution in [2.24, 2.45) is 5.73 Å². The van der Waals surface area contributed by atoms with E-state index in [9.17, 15) is 24.3 Å². The fourth-order valence-electron chi connectivity index (χ4n) is 4.99. The lowest BCUT2D eigenvalue weighted by Crippen LogP contribution is -2.45. The summed E-state index contributed by atoms with van der Waals surface area (Å²) in [6.45, 7) is 7.56. The Morgan fingerprint density at radius 2 is 1.79 bits per heavy atom. The quantitative estimate of drug-likeness (QED) is 0.209. The summed E-state index contributed by atoms with van der Waals surface area (Å²) in [7, 11) is 0. The van der Waals surface area contributed by atoms with Crippen molar-refractivity contribution in [3.05, 3.63) is 67.3 Å². The molecule has 2 amide bonds. The zero-order valence-electron chi connectivity index (χ0n) is 24.0. The highest BCUT2D eigenvalue weighted by atomic mass is 35.5. The number of benzene rings is 1. The summed E-state index contributed by atoms with van der Waals surface area (Å²) in [5.74, 6) is -0.495. The number of aromatic nitrogens is 2. The fraction of sp³-hybridized carbons (Fsp3) is 0.400. The summed E-state index contributed by atoms with van der Waals surface area (Å²) in [6.07, 6.45) is 1.97. The molecule has 12 heteroatoms. The SMILES string of the molecule is CCCCOc1c(CN(C(=O)O)C(C)(C)C)n(CCC(=O)c2ccc3n2CC(C(N)=O)=C3)c(=O)c2cc(Cl)c(Cl)cc12. The van der Waals surface area contributed by atoms with Crippen molar-refractivity contribution in [2.75, 3.05) is 6.61 Å². The Morgan fingerprint density at radius 1 is 1.12 bits per heavy atom. The number of primary amides is 1. The topological polar surface area (TPSA) is 137 Å². The lowest BCUT2D eigenvalue weighted by molar-refractivity contribution is -0.114. The molecule has 0 aliphatic carbocycles. The number of rotatable bonds is 11. The standard InChI is InChI=1S/C30H34Cl2N4O6/c1-5-6-11-42-26-19-13-21(31)22(32)14-20(19)28(39)34(24(26)16-36(29(40)41)30(2,3)4)10-9-25(37)23-8-7-18-12-17(27(33)38)15-35(18)23/h7-8,12-14H,5-6,9-11,15-16H2,1-4H3,(H2,33,38)(H,40,41). The average molecular weight is 618 g/mol. The smallest absolute Gasteiger partial charge is 0.408 e. The minimum absolute atomic E-state index is 0.0540. The van der Waals surface area contributed by atoms with Gasteiger partial charge >= 0.3 is 6.09 Å². The van der Waals surface area contributed by atoms with E-state index in [1.807, 2.05) is 6.92 Å². The second kappa shape index (κ2) is 12.2. The Morgan fingerprint density at radius 3 is 2.38 bits per heavy atom. The van der Waals surface area contributed by atoms with Crippen molar-refractivity contribution in [1.29, 1.82) is 0 Å². The summed E-state index contributed by atoms with van der Waals surface area (Å²) in [6, 6.07) is 6.42. The molecule has 0 radical (unpaired) electrons. The Hall–Kier alpha value is -3.76. The van der Waals surface area contributed by atoms with Gasteiger partial charge in [-0.15, -0.1) is 0 Å². The van der Waals surface area contributed by atoms with Gasteiger partial charge in [0.25, 0.3) is 5.56 Å². The molecule has 0 saturated carbocycles.